The molecule has 0 saturated carbocycles. The maximum atomic E-state index is 13.2. The molecule has 2 N–H and O–H groups in total. The van der Waals surface area contributed by atoms with Crippen molar-refractivity contribution < 1.29 is 9.18 Å². The molecular weight excluding hydrogens is 325 g/mol. The van der Waals surface area contributed by atoms with Gasteiger partial charge in [0.1, 0.15) is 5.82 Å². The number of nitrogens with one attached hydrogen (secondary N) is 2. The van der Waals surface area contributed by atoms with Gasteiger partial charge in [-0.2, -0.15) is 0 Å². The molecule has 0 aliphatic carbocycles. The summed E-state index contributed by atoms with van der Waals surface area (Å²) in [4.78, 5) is 16.4. The number of benzene rings is 1. The van der Waals surface area contributed by atoms with Crippen molar-refractivity contribution in [3.63, 3.8) is 0 Å². The van der Waals surface area contributed by atoms with E-state index >= 15 is 0 Å². The highest BCUT2D eigenvalue weighted by Crippen LogP contribution is 2.25. The molecule has 4 nitrogen and oxygen atoms in total. The van der Waals surface area contributed by atoms with Crippen LogP contribution in [0.4, 0.5) is 9.52 Å². The molecule has 1 aliphatic rings. The van der Waals surface area contributed by atoms with Crippen molar-refractivity contribution in [3.05, 3.63) is 35.5 Å². The first-order chi connectivity index (χ1) is 10.2. The summed E-state index contributed by atoms with van der Waals surface area (Å²) in [6.45, 7) is 0.879. The molecule has 22 heavy (non-hydrogen) atoms. The second-order valence-corrected chi connectivity index (χ2v) is 5.90. The third-order valence-corrected chi connectivity index (χ3v) is 4.24. The van der Waals surface area contributed by atoms with Crippen LogP contribution in [-0.2, 0) is 4.79 Å². The average Bonchev–Trinajstić information content (AvgIpc) is 2.97. The molecule has 1 atom stereocenters. The zero-order chi connectivity index (χ0) is 14.7. The second kappa shape index (κ2) is 7.67. The summed E-state index contributed by atoms with van der Waals surface area (Å²) in [7, 11) is 0. The van der Waals surface area contributed by atoms with Crippen LogP contribution >= 0.6 is 23.7 Å². The van der Waals surface area contributed by atoms with Crippen LogP contribution in [0.5, 0.6) is 0 Å². The summed E-state index contributed by atoms with van der Waals surface area (Å²) in [6, 6.07) is 6.14. The van der Waals surface area contributed by atoms with E-state index in [4.69, 9.17) is 0 Å². The Bertz CT molecular complexity index is 643. The number of halogens is 2. The van der Waals surface area contributed by atoms with Crippen LogP contribution in [0, 0.1) is 5.82 Å². The van der Waals surface area contributed by atoms with Gasteiger partial charge in [0, 0.05) is 10.9 Å². The number of hydrogen-bond donors (Lipinski definition) is 2. The van der Waals surface area contributed by atoms with Gasteiger partial charge in [0.2, 0.25) is 5.91 Å². The SMILES string of the molecule is Cl.O=C(Nc1nc(-c2cccc(F)c2)cs1)C1CCCCN1. The van der Waals surface area contributed by atoms with E-state index in [2.05, 4.69) is 15.6 Å². The largest absolute Gasteiger partial charge is 0.306 e. The number of anilines is 1. The number of aromatic nitrogens is 1. The minimum atomic E-state index is -0.294. The summed E-state index contributed by atoms with van der Waals surface area (Å²) in [5.41, 5.74) is 1.38. The molecule has 1 amide bonds. The normalized spacial score (nSPS) is 17.6. The monoisotopic (exact) mass is 341 g/mol. The van der Waals surface area contributed by atoms with Crippen LogP contribution in [0.15, 0.2) is 29.6 Å². The van der Waals surface area contributed by atoms with E-state index in [9.17, 15) is 9.18 Å². The Kier molecular flexibility index (Phi) is 5.88. The number of thiazole rings is 1. The zero-order valence-corrected chi connectivity index (χ0v) is 13.5. The van der Waals surface area contributed by atoms with Gasteiger partial charge in [0.05, 0.1) is 11.7 Å². The van der Waals surface area contributed by atoms with Crippen molar-refractivity contribution in [3.8, 4) is 11.3 Å². The van der Waals surface area contributed by atoms with Crippen LogP contribution in [0.2, 0.25) is 0 Å². The number of carbonyl (C=O) groups is 1. The highest BCUT2D eigenvalue weighted by Gasteiger charge is 2.21. The van der Waals surface area contributed by atoms with Crippen LogP contribution in [-0.4, -0.2) is 23.5 Å². The Hall–Kier alpha value is -1.50. The molecule has 0 radical (unpaired) electrons. The highest BCUT2D eigenvalue weighted by atomic mass is 35.5. The van der Waals surface area contributed by atoms with Gasteiger partial charge in [0.25, 0.3) is 0 Å². The first-order valence-corrected chi connectivity index (χ1v) is 7.86. The van der Waals surface area contributed by atoms with Crippen LogP contribution < -0.4 is 10.6 Å². The number of hydrogen-bond acceptors (Lipinski definition) is 4. The Balaban J connectivity index is 0.00000176. The van der Waals surface area contributed by atoms with E-state index in [-0.39, 0.29) is 30.2 Å². The molecular formula is C15H17ClFN3OS. The highest BCUT2D eigenvalue weighted by molar-refractivity contribution is 7.14. The third-order valence-electron chi connectivity index (χ3n) is 3.48. The van der Waals surface area contributed by atoms with Crippen molar-refractivity contribution in [2.45, 2.75) is 25.3 Å². The van der Waals surface area contributed by atoms with Gasteiger partial charge in [-0.3, -0.25) is 4.79 Å². The molecule has 2 heterocycles. The van der Waals surface area contributed by atoms with E-state index in [0.717, 1.165) is 25.8 Å². The molecule has 1 aromatic heterocycles. The molecule has 1 saturated heterocycles. The van der Waals surface area contributed by atoms with Crippen molar-refractivity contribution in [2.75, 3.05) is 11.9 Å². The summed E-state index contributed by atoms with van der Waals surface area (Å²) in [5.74, 6) is -0.340. The van der Waals surface area contributed by atoms with E-state index in [1.54, 1.807) is 12.1 Å². The maximum absolute atomic E-state index is 13.2. The van der Waals surface area contributed by atoms with Gasteiger partial charge in [-0.15, -0.1) is 23.7 Å². The average molecular weight is 342 g/mol. The second-order valence-electron chi connectivity index (χ2n) is 5.04. The lowest BCUT2D eigenvalue weighted by Crippen LogP contribution is -2.43. The van der Waals surface area contributed by atoms with Gasteiger partial charge in [-0.1, -0.05) is 18.6 Å². The molecule has 3 rings (SSSR count). The van der Waals surface area contributed by atoms with Crippen molar-refractivity contribution in [1.82, 2.24) is 10.3 Å². The van der Waals surface area contributed by atoms with Gasteiger partial charge in [-0.05, 0) is 31.5 Å². The predicted octanol–water partition coefficient (Wildman–Crippen LogP) is 3.45. The number of nitrogens with zero attached hydrogens (tertiary/aromatic N) is 1. The lowest BCUT2D eigenvalue weighted by atomic mass is 10.0. The molecule has 1 aromatic carbocycles. The first-order valence-electron chi connectivity index (χ1n) is 6.98. The van der Waals surface area contributed by atoms with E-state index < -0.39 is 0 Å². The molecule has 7 heteroatoms. The summed E-state index contributed by atoms with van der Waals surface area (Å²) in [5, 5.41) is 8.39. The zero-order valence-electron chi connectivity index (χ0n) is 11.8. The number of rotatable bonds is 3. The Morgan fingerprint density at radius 1 is 1.41 bits per heavy atom. The first kappa shape index (κ1) is 16.9. The van der Waals surface area contributed by atoms with Gasteiger partial charge in [0.15, 0.2) is 5.13 Å². The van der Waals surface area contributed by atoms with Gasteiger partial charge < -0.3 is 10.6 Å². The smallest absolute Gasteiger partial charge is 0.243 e. The fraction of sp³-hybridized carbons (Fsp3) is 0.333. The molecule has 118 valence electrons. The Morgan fingerprint density at radius 2 is 2.27 bits per heavy atom. The minimum absolute atomic E-state index is 0. The van der Waals surface area contributed by atoms with E-state index in [1.165, 1.54) is 23.5 Å². The van der Waals surface area contributed by atoms with Gasteiger partial charge in [-0.25, -0.2) is 9.37 Å². The Morgan fingerprint density at radius 3 is 3.00 bits per heavy atom. The quantitative estimate of drug-likeness (QED) is 0.899. The third kappa shape index (κ3) is 4.03. The van der Waals surface area contributed by atoms with Crippen LogP contribution in [0.25, 0.3) is 11.3 Å². The molecule has 0 spiro atoms. The molecule has 2 aromatic rings. The summed E-state index contributed by atoms with van der Waals surface area (Å²) < 4.78 is 13.2. The number of carbonyl (C=O) groups excluding carboxylic acids is 1. The van der Waals surface area contributed by atoms with Gasteiger partial charge >= 0.3 is 0 Å². The van der Waals surface area contributed by atoms with Crippen molar-refractivity contribution >= 4 is 34.8 Å². The predicted molar refractivity (Wildman–Crippen MR) is 89.0 cm³/mol. The maximum Gasteiger partial charge on any atom is 0.243 e. The van der Waals surface area contributed by atoms with Crippen LogP contribution in [0.3, 0.4) is 0 Å². The number of amides is 1. The fourth-order valence-corrected chi connectivity index (χ4v) is 3.10. The molecule has 0 bridgehead atoms. The lowest BCUT2D eigenvalue weighted by molar-refractivity contribution is -0.118. The summed E-state index contributed by atoms with van der Waals surface area (Å²) >= 11 is 1.35. The van der Waals surface area contributed by atoms with Crippen molar-refractivity contribution in [2.24, 2.45) is 0 Å². The topological polar surface area (TPSA) is 54.0 Å². The van der Waals surface area contributed by atoms with Crippen LogP contribution in [0.1, 0.15) is 19.3 Å². The Labute approximate surface area is 138 Å². The number of piperidine rings is 1. The molecule has 1 fully saturated rings. The van der Waals surface area contributed by atoms with E-state index in [0.29, 0.717) is 16.4 Å². The molecule has 1 aliphatic heterocycles. The lowest BCUT2D eigenvalue weighted by Gasteiger charge is -2.21. The summed E-state index contributed by atoms with van der Waals surface area (Å²) in [6.07, 6.45) is 3.04. The van der Waals surface area contributed by atoms with Crippen molar-refractivity contribution in [1.29, 1.82) is 0 Å². The minimum Gasteiger partial charge on any atom is -0.306 e. The van der Waals surface area contributed by atoms with E-state index in [1.807, 2.05) is 5.38 Å². The fourth-order valence-electron chi connectivity index (χ4n) is 2.38. The molecule has 1 unspecified atom stereocenters. The standard InChI is InChI=1S/C15H16FN3OS.ClH/c16-11-5-3-4-10(8-11)13-9-21-15(18-13)19-14(20)12-6-1-2-7-17-12;/h3-5,8-9,12,17H,1-2,6-7H2,(H,18,19,20);1H.